The van der Waals surface area contributed by atoms with Crippen molar-refractivity contribution in [1.29, 1.82) is 0 Å². The molecule has 0 spiro atoms. The normalized spacial score (nSPS) is 29.5. The molecule has 0 bridgehead atoms. The standard InChI is InChI=1S/C11H23N/c1-3-5-7-11-9-8-10(12-11)6-4-2/h10-12H,3-9H2,1-2H3/t10-,11+/m0/s1. The Bertz CT molecular complexity index is 112. The lowest BCUT2D eigenvalue weighted by atomic mass is 10.1. The molecular formula is C11H23N. The molecule has 1 aliphatic rings. The van der Waals surface area contributed by atoms with E-state index in [1.807, 2.05) is 0 Å². The average molecular weight is 169 g/mol. The molecule has 0 aromatic heterocycles. The fourth-order valence-corrected chi connectivity index (χ4v) is 2.16. The van der Waals surface area contributed by atoms with Gasteiger partial charge >= 0.3 is 0 Å². The van der Waals surface area contributed by atoms with Gasteiger partial charge in [-0.05, 0) is 25.7 Å². The molecule has 0 saturated carbocycles. The Morgan fingerprint density at radius 3 is 2.25 bits per heavy atom. The van der Waals surface area contributed by atoms with Gasteiger partial charge in [-0.1, -0.05) is 33.1 Å². The predicted molar refractivity (Wildman–Crippen MR) is 54.4 cm³/mol. The lowest BCUT2D eigenvalue weighted by molar-refractivity contribution is 0.476. The highest BCUT2D eigenvalue weighted by Gasteiger charge is 2.21. The number of unbranched alkanes of at least 4 members (excludes halogenated alkanes) is 1. The first-order valence-corrected chi connectivity index (χ1v) is 5.62. The average Bonchev–Trinajstić information content (AvgIpc) is 2.50. The zero-order valence-corrected chi connectivity index (χ0v) is 8.60. The zero-order chi connectivity index (χ0) is 8.81. The van der Waals surface area contributed by atoms with E-state index in [0.717, 1.165) is 12.1 Å². The van der Waals surface area contributed by atoms with Crippen LogP contribution in [0.15, 0.2) is 0 Å². The summed E-state index contributed by atoms with van der Waals surface area (Å²) in [5.41, 5.74) is 0. The summed E-state index contributed by atoms with van der Waals surface area (Å²) in [4.78, 5) is 0. The molecule has 0 amide bonds. The van der Waals surface area contributed by atoms with Crippen molar-refractivity contribution in [3.63, 3.8) is 0 Å². The molecule has 1 rings (SSSR count). The van der Waals surface area contributed by atoms with E-state index in [-0.39, 0.29) is 0 Å². The van der Waals surface area contributed by atoms with E-state index >= 15 is 0 Å². The van der Waals surface area contributed by atoms with Gasteiger partial charge in [0.05, 0.1) is 0 Å². The van der Waals surface area contributed by atoms with Crippen molar-refractivity contribution in [1.82, 2.24) is 5.32 Å². The molecule has 1 aliphatic heterocycles. The fourth-order valence-electron chi connectivity index (χ4n) is 2.16. The molecule has 1 fully saturated rings. The van der Waals surface area contributed by atoms with Crippen molar-refractivity contribution in [2.24, 2.45) is 0 Å². The fraction of sp³-hybridized carbons (Fsp3) is 1.00. The van der Waals surface area contributed by atoms with Crippen LogP contribution in [0.25, 0.3) is 0 Å². The van der Waals surface area contributed by atoms with Gasteiger partial charge in [-0.3, -0.25) is 0 Å². The van der Waals surface area contributed by atoms with Gasteiger partial charge in [0.2, 0.25) is 0 Å². The van der Waals surface area contributed by atoms with E-state index in [2.05, 4.69) is 19.2 Å². The van der Waals surface area contributed by atoms with Crippen LogP contribution in [0, 0.1) is 0 Å². The Kier molecular flexibility index (Phi) is 4.67. The lowest BCUT2D eigenvalue weighted by Gasteiger charge is -2.12. The Hall–Kier alpha value is -0.0400. The van der Waals surface area contributed by atoms with Crippen molar-refractivity contribution in [3.05, 3.63) is 0 Å². The van der Waals surface area contributed by atoms with Gasteiger partial charge in [0.1, 0.15) is 0 Å². The molecule has 72 valence electrons. The molecule has 12 heavy (non-hydrogen) atoms. The second kappa shape index (κ2) is 5.58. The third-order valence-electron chi connectivity index (χ3n) is 2.88. The number of rotatable bonds is 5. The topological polar surface area (TPSA) is 12.0 Å². The van der Waals surface area contributed by atoms with Crippen molar-refractivity contribution in [3.8, 4) is 0 Å². The minimum Gasteiger partial charge on any atom is -0.311 e. The van der Waals surface area contributed by atoms with E-state index in [0.29, 0.717) is 0 Å². The molecule has 2 atom stereocenters. The van der Waals surface area contributed by atoms with Gasteiger partial charge in [-0.2, -0.15) is 0 Å². The maximum absolute atomic E-state index is 3.73. The summed E-state index contributed by atoms with van der Waals surface area (Å²) in [5.74, 6) is 0. The highest BCUT2D eigenvalue weighted by molar-refractivity contribution is 4.82. The maximum Gasteiger partial charge on any atom is 0.00702 e. The van der Waals surface area contributed by atoms with E-state index in [4.69, 9.17) is 0 Å². The van der Waals surface area contributed by atoms with Gasteiger partial charge in [-0.25, -0.2) is 0 Å². The van der Waals surface area contributed by atoms with Crippen LogP contribution in [-0.4, -0.2) is 12.1 Å². The van der Waals surface area contributed by atoms with Crippen molar-refractivity contribution < 1.29 is 0 Å². The van der Waals surface area contributed by atoms with Crippen LogP contribution in [0.3, 0.4) is 0 Å². The minimum absolute atomic E-state index is 0.844. The van der Waals surface area contributed by atoms with E-state index in [1.54, 1.807) is 0 Å². The summed E-state index contributed by atoms with van der Waals surface area (Å²) >= 11 is 0. The first kappa shape index (κ1) is 10.0. The monoisotopic (exact) mass is 169 g/mol. The van der Waals surface area contributed by atoms with Gasteiger partial charge in [-0.15, -0.1) is 0 Å². The van der Waals surface area contributed by atoms with Crippen LogP contribution in [-0.2, 0) is 0 Å². The SMILES string of the molecule is CCCC[C@@H]1CC[C@H](CCC)N1. The molecule has 1 nitrogen and oxygen atoms in total. The largest absolute Gasteiger partial charge is 0.311 e. The molecule has 0 radical (unpaired) electrons. The Labute approximate surface area is 76.9 Å². The van der Waals surface area contributed by atoms with Gasteiger partial charge in [0.15, 0.2) is 0 Å². The van der Waals surface area contributed by atoms with Crippen molar-refractivity contribution in [2.45, 2.75) is 70.9 Å². The van der Waals surface area contributed by atoms with E-state index in [1.165, 1.54) is 44.9 Å². The first-order valence-electron chi connectivity index (χ1n) is 5.62. The zero-order valence-electron chi connectivity index (χ0n) is 8.60. The van der Waals surface area contributed by atoms with E-state index in [9.17, 15) is 0 Å². The second-order valence-corrected chi connectivity index (χ2v) is 4.07. The van der Waals surface area contributed by atoms with Crippen LogP contribution < -0.4 is 5.32 Å². The molecule has 1 heteroatoms. The molecule has 1 saturated heterocycles. The molecule has 1 N–H and O–H groups in total. The van der Waals surface area contributed by atoms with Crippen molar-refractivity contribution in [2.75, 3.05) is 0 Å². The number of hydrogen-bond donors (Lipinski definition) is 1. The minimum atomic E-state index is 0.844. The molecule has 0 unspecified atom stereocenters. The van der Waals surface area contributed by atoms with Crippen LogP contribution in [0.2, 0.25) is 0 Å². The Morgan fingerprint density at radius 1 is 1.00 bits per heavy atom. The summed E-state index contributed by atoms with van der Waals surface area (Å²) in [6.07, 6.45) is 9.69. The second-order valence-electron chi connectivity index (χ2n) is 4.07. The predicted octanol–water partition coefficient (Wildman–Crippen LogP) is 3.10. The van der Waals surface area contributed by atoms with Crippen LogP contribution in [0.4, 0.5) is 0 Å². The number of hydrogen-bond acceptors (Lipinski definition) is 1. The van der Waals surface area contributed by atoms with Gasteiger partial charge in [0.25, 0.3) is 0 Å². The Morgan fingerprint density at radius 2 is 1.67 bits per heavy atom. The summed E-state index contributed by atoms with van der Waals surface area (Å²) in [6, 6.07) is 1.69. The Balaban J connectivity index is 2.08. The van der Waals surface area contributed by atoms with Crippen LogP contribution in [0.5, 0.6) is 0 Å². The molecule has 0 aromatic rings. The van der Waals surface area contributed by atoms with Crippen molar-refractivity contribution >= 4 is 0 Å². The summed E-state index contributed by atoms with van der Waals surface area (Å²) < 4.78 is 0. The molecule has 1 heterocycles. The summed E-state index contributed by atoms with van der Waals surface area (Å²) in [7, 11) is 0. The molecule has 0 aliphatic carbocycles. The smallest absolute Gasteiger partial charge is 0.00702 e. The lowest BCUT2D eigenvalue weighted by Crippen LogP contribution is -2.28. The quantitative estimate of drug-likeness (QED) is 0.667. The first-order chi connectivity index (χ1) is 5.86. The molecule has 0 aromatic carbocycles. The van der Waals surface area contributed by atoms with Crippen LogP contribution >= 0.6 is 0 Å². The highest BCUT2D eigenvalue weighted by Crippen LogP contribution is 2.19. The third kappa shape index (κ3) is 3.14. The summed E-state index contributed by atoms with van der Waals surface area (Å²) in [5, 5.41) is 3.73. The third-order valence-corrected chi connectivity index (χ3v) is 2.88. The highest BCUT2D eigenvalue weighted by atomic mass is 15.0. The number of nitrogens with one attached hydrogen (secondary N) is 1. The van der Waals surface area contributed by atoms with E-state index < -0.39 is 0 Å². The van der Waals surface area contributed by atoms with Gasteiger partial charge in [0, 0.05) is 12.1 Å². The molecular weight excluding hydrogens is 146 g/mol. The van der Waals surface area contributed by atoms with Crippen LogP contribution in [0.1, 0.15) is 58.8 Å². The summed E-state index contributed by atoms with van der Waals surface area (Å²) in [6.45, 7) is 4.56. The maximum atomic E-state index is 3.73. The van der Waals surface area contributed by atoms with Gasteiger partial charge < -0.3 is 5.32 Å².